The maximum Gasteiger partial charge on any atom is 0.430 e. The number of benzene rings is 3. The van der Waals surface area contributed by atoms with Gasteiger partial charge in [-0.05, 0) is 60.9 Å². The van der Waals surface area contributed by atoms with Crippen molar-refractivity contribution in [2.45, 2.75) is 38.7 Å². The third-order valence-corrected chi connectivity index (χ3v) is 5.36. The highest BCUT2D eigenvalue weighted by Crippen LogP contribution is 2.26. The predicted octanol–water partition coefficient (Wildman–Crippen LogP) is 5.35. The van der Waals surface area contributed by atoms with Crippen LogP contribution in [0.5, 0.6) is 0 Å². The van der Waals surface area contributed by atoms with Crippen LogP contribution < -0.4 is 22.1 Å². The first-order valence-corrected chi connectivity index (χ1v) is 11.7. The maximum absolute atomic E-state index is 13.2. The van der Waals surface area contributed by atoms with Crippen LogP contribution in [0.15, 0.2) is 95.6 Å². The molecule has 37 heavy (non-hydrogen) atoms. The first-order chi connectivity index (χ1) is 17.6. The molecule has 0 radical (unpaired) electrons. The zero-order valence-corrected chi connectivity index (χ0v) is 20.6. The van der Waals surface area contributed by atoms with Crippen molar-refractivity contribution in [3.8, 4) is 0 Å². The third-order valence-electron chi connectivity index (χ3n) is 5.36. The number of nitrogens with two attached hydrogens (primary N) is 2. The van der Waals surface area contributed by atoms with Crippen LogP contribution in [0.1, 0.15) is 36.6 Å². The Labute approximate surface area is 214 Å². The molecule has 0 spiro atoms. The molecule has 0 heterocycles. The number of anilines is 1. The third kappa shape index (κ3) is 8.03. The maximum atomic E-state index is 13.2. The predicted molar refractivity (Wildman–Crippen MR) is 141 cm³/mol. The summed E-state index contributed by atoms with van der Waals surface area (Å²) in [5, 5.41) is 6.16. The van der Waals surface area contributed by atoms with E-state index < -0.39 is 23.5 Å². The molecular formula is C28H30F3N5O. The van der Waals surface area contributed by atoms with Crippen LogP contribution in [0, 0.1) is 0 Å². The number of alkyl halides is 3. The molecule has 1 amide bonds. The van der Waals surface area contributed by atoms with E-state index in [2.05, 4.69) is 15.6 Å². The normalized spacial score (nSPS) is 13.5. The molecule has 0 aromatic heterocycles. The van der Waals surface area contributed by atoms with Crippen LogP contribution in [0.4, 0.5) is 24.5 Å². The largest absolute Gasteiger partial charge is 0.430 e. The van der Waals surface area contributed by atoms with Crippen LogP contribution in [0.3, 0.4) is 0 Å². The molecule has 3 aromatic rings. The lowest BCUT2D eigenvalue weighted by Crippen LogP contribution is -2.29. The summed E-state index contributed by atoms with van der Waals surface area (Å²) in [4.78, 5) is 17.3. The molecule has 6 nitrogen and oxygen atoms in total. The van der Waals surface area contributed by atoms with E-state index in [1.54, 1.807) is 42.5 Å². The fourth-order valence-corrected chi connectivity index (χ4v) is 3.62. The van der Waals surface area contributed by atoms with Gasteiger partial charge in [-0.25, -0.2) is 4.99 Å². The van der Waals surface area contributed by atoms with Crippen LogP contribution in [-0.4, -0.2) is 23.8 Å². The first-order valence-electron chi connectivity index (χ1n) is 11.7. The van der Waals surface area contributed by atoms with Gasteiger partial charge < -0.3 is 22.1 Å². The Bertz CT molecular complexity index is 1270. The number of nitrogens with zero attached hydrogens (tertiary/aromatic N) is 1. The number of carbonyl (C=O) groups is 1. The highest BCUT2D eigenvalue weighted by Gasteiger charge is 2.32. The van der Waals surface area contributed by atoms with E-state index in [0.29, 0.717) is 17.3 Å². The number of aliphatic imine (C=N–C) groups is 1. The highest BCUT2D eigenvalue weighted by atomic mass is 19.4. The van der Waals surface area contributed by atoms with Gasteiger partial charge in [0.05, 0.1) is 11.7 Å². The molecule has 1 unspecified atom stereocenters. The second kappa shape index (κ2) is 12.3. The van der Waals surface area contributed by atoms with E-state index >= 15 is 0 Å². The van der Waals surface area contributed by atoms with Gasteiger partial charge in [0.2, 0.25) is 0 Å². The van der Waals surface area contributed by atoms with E-state index in [1.165, 1.54) is 0 Å². The quantitative estimate of drug-likeness (QED) is 0.292. The number of halogens is 3. The molecule has 1 atom stereocenters. The average molecular weight is 510 g/mol. The zero-order valence-electron chi connectivity index (χ0n) is 20.6. The number of nitrogens with one attached hydrogen (secondary N) is 2. The molecule has 9 heteroatoms. The van der Waals surface area contributed by atoms with Gasteiger partial charge in [-0.1, -0.05) is 54.6 Å². The molecule has 0 saturated carbocycles. The van der Waals surface area contributed by atoms with Crippen LogP contribution in [0.2, 0.25) is 0 Å². The number of allylic oxidation sites excluding steroid dienone is 1. The van der Waals surface area contributed by atoms with Gasteiger partial charge in [-0.3, -0.25) is 4.79 Å². The lowest BCUT2D eigenvalue weighted by atomic mass is 9.97. The smallest absolute Gasteiger partial charge is 0.395 e. The Morgan fingerprint density at radius 1 is 0.973 bits per heavy atom. The summed E-state index contributed by atoms with van der Waals surface area (Å²) in [5.74, 6) is -0.837. The van der Waals surface area contributed by atoms with Gasteiger partial charge >= 0.3 is 6.18 Å². The molecule has 194 valence electrons. The summed E-state index contributed by atoms with van der Waals surface area (Å²) in [7, 11) is 0. The van der Waals surface area contributed by atoms with Gasteiger partial charge in [0.25, 0.3) is 5.91 Å². The van der Waals surface area contributed by atoms with Gasteiger partial charge in [-0.15, -0.1) is 0 Å². The van der Waals surface area contributed by atoms with E-state index in [-0.39, 0.29) is 24.3 Å². The number of carbonyl (C=O) groups excluding carboxylic acids is 1. The van der Waals surface area contributed by atoms with Crippen LogP contribution >= 0.6 is 0 Å². The summed E-state index contributed by atoms with van der Waals surface area (Å²) >= 11 is 0. The van der Waals surface area contributed by atoms with Gasteiger partial charge in [0.15, 0.2) is 0 Å². The number of rotatable bonds is 9. The standard InChI is InChI=1S/C28H30F3N5O/c1-18(2)34-26(20-9-4-3-5-10-20)21-11-7-13-23(15-21)36-27(37)24(16-25(33)28(29,30)31)35-22-12-6-8-19(14-22)17-32/h3-16,18,26,34H,17,32-33H2,1-2H3,(H,36,37)/b25-16-,35-24?. The summed E-state index contributed by atoms with van der Waals surface area (Å²) < 4.78 is 39.5. The second-order valence-electron chi connectivity index (χ2n) is 8.71. The Morgan fingerprint density at radius 2 is 1.65 bits per heavy atom. The van der Waals surface area contributed by atoms with E-state index in [1.807, 2.05) is 50.2 Å². The minimum absolute atomic E-state index is 0.161. The summed E-state index contributed by atoms with van der Waals surface area (Å²) in [6.45, 7) is 4.27. The lowest BCUT2D eigenvalue weighted by Gasteiger charge is -2.23. The summed E-state index contributed by atoms with van der Waals surface area (Å²) in [6.07, 6.45) is -4.28. The van der Waals surface area contributed by atoms with Crippen molar-refractivity contribution in [1.82, 2.24) is 5.32 Å². The first kappa shape index (κ1) is 27.6. The lowest BCUT2D eigenvalue weighted by molar-refractivity contribution is -0.110. The topological polar surface area (TPSA) is 106 Å². The Hall–Kier alpha value is -3.95. The molecular weight excluding hydrogens is 479 g/mol. The van der Waals surface area contributed by atoms with Crippen molar-refractivity contribution in [2.75, 3.05) is 5.32 Å². The van der Waals surface area contributed by atoms with Crippen LogP contribution in [-0.2, 0) is 11.3 Å². The number of hydrogen-bond acceptors (Lipinski definition) is 5. The van der Waals surface area contributed by atoms with Gasteiger partial charge in [0.1, 0.15) is 11.4 Å². The molecule has 0 bridgehead atoms. The zero-order chi connectivity index (χ0) is 27.0. The van der Waals surface area contributed by atoms with Crippen LogP contribution in [0.25, 0.3) is 0 Å². The van der Waals surface area contributed by atoms with Gasteiger partial charge in [0, 0.05) is 18.3 Å². The molecule has 6 N–H and O–H groups in total. The SMILES string of the molecule is CC(C)NC(c1ccccc1)c1cccc(NC(=O)C(/C=C(\N)C(F)(F)F)=Nc2cccc(CN)c2)c1. The molecule has 0 saturated heterocycles. The van der Waals surface area contributed by atoms with Crippen molar-refractivity contribution in [3.05, 3.63) is 107 Å². The minimum atomic E-state index is -4.81. The van der Waals surface area contributed by atoms with E-state index in [0.717, 1.165) is 11.1 Å². The highest BCUT2D eigenvalue weighted by molar-refractivity contribution is 6.47. The fraction of sp³-hybridized carbons (Fsp3) is 0.214. The second-order valence-corrected chi connectivity index (χ2v) is 8.71. The molecule has 0 aliphatic rings. The van der Waals surface area contributed by atoms with Crippen molar-refractivity contribution in [2.24, 2.45) is 16.5 Å². The van der Waals surface area contributed by atoms with Crippen molar-refractivity contribution in [3.63, 3.8) is 0 Å². The van der Waals surface area contributed by atoms with Crippen molar-refractivity contribution < 1.29 is 18.0 Å². The van der Waals surface area contributed by atoms with Crippen molar-refractivity contribution in [1.29, 1.82) is 0 Å². The number of amides is 1. The van der Waals surface area contributed by atoms with Crippen molar-refractivity contribution >= 4 is 23.0 Å². The average Bonchev–Trinajstić information content (AvgIpc) is 2.87. The Balaban J connectivity index is 1.96. The van der Waals surface area contributed by atoms with E-state index in [4.69, 9.17) is 11.5 Å². The molecule has 3 aromatic carbocycles. The summed E-state index contributed by atoms with van der Waals surface area (Å²) in [5.41, 5.74) is 12.2. The fourth-order valence-electron chi connectivity index (χ4n) is 3.62. The van der Waals surface area contributed by atoms with Gasteiger partial charge in [-0.2, -0.15) is 13.2 Å². The molecule has 3 rings (SSSR count). The Kier molecular flexibility index (Phi) is 9.21. The Morgan fingerprint density at radius 3 is 2.30 bits per heavy atom. The monoisotopic (exact) mass is 509 g/mol. The van der Waals surface area contributed by atoms with E-state index in [9.17, 15) is 18.0 Å². The summed E-state index contributed by atoms with van der Waals surface area (Å²) in [6, 6.07) is 23.5. The molecule has 0 fully saturated rings. The molecule has 0 aliphatic carbocycles. The minimum Gasteiger partial charge on any atom is -0.395 e. The number of hydrogen-bond donors (Lipinski definition) is 4. The molecule has 0 aliphatic heterocycles.